The van der Waals surface area contributed by atoms with Gasteiger partial charge in [0.25, 0.3) is 5.91 Å². The lowest BCUT2D eigenvalue weighted by Gasteiger charge is -2.11. The van der Waals surface area contributed by atoms with Crippen LogP contribution < -0.4 is 4.74 Å². The zero-order chi connectivity index (χ0) is 20.2. The van der Waals surface area contributed by atoms with Crippen LogP contribution in [0.3, 0.4) is 0 Å². The van der Waals surface area contributed by atoms with E-state index < -0.39 is 6.09 Å². The molecule has 7 nitrogen and oxygen atoms in total. The molecule has 1 aliphatic heterocycles. The largest absolute Gasteiger partial charge is 0.493 e. The van der Waals surface area contributed by atoms with Crippen LogP contribution in [0, 0.1) is 6.92 Å². The highest BCUT2D eigenvalue weighted by Gasteiger charge is 2.30. The molecule has 0 atom stereocenters. The van der Waals surface area contributed by atoms with E-state index in [1.54, 1.807) is 0 Å². The first kappa shape index (κ1) is 18.7. The third kappa shape index (κ3) is 4.29. The molecule has 0 spiro atoms. The van der Waals surface area contributed by atoms with E-state index in [0.717, 1.165) is 27.5 Å². The summed E-state index contributed by atoms with van der Waals surface area (Å²) in [6, 6.07) is 17.0. The van der Waals surface area contributed by atoms with Crippen LogP contribution in [0.5, 0.6) is 5.75 Å². The van der Waals surface area contributed by atoms with E-state index in [4.69, 9.17) is 13.9 Å². The number of aromatic nitrogens is 1. The third-order valence-corrected chi connectivity index (χ3v) is 4.63. The summed E-state index contributed by atoms with van der Waals surface area (Å²) in [4.78, 5) is 28.7. The van der Waals surface area contributed by atoms with Crippen LogP contribution in [0.15, 0.2) is 59.0 Å². The van der Waals surface area contributed by atoms with Crippen LogP contribution in [0.2, 0.25) is 0 Å². The molecule has 29 heavy (non-hydrogen) atoms. The molecule has 2 amide bonds. The van der Waals surface area contributed by atoms with Gasteiger partial charge in [-0.05, 0) is 36.8 Å². The first-order valence-electron chi connectivity index (χ1n) is 9.31. The number of aryl methyl sites for hydroxylation is 1. The number of imide groups is 1. The van der Waals surface area contributed by atoms with Gasteiger partial charge in [0, 0.05) is 12.0 Å². The first-order valence-corrected chi connectivity index (χ1v) is 9.31. The molecular weight excluding hydrogens is 372 g/mol. The minimum absolute atomic E-state index is 0.187. The molecule has 1 saturated heterocycles. The number of ether oxygens (including phenoxy) is 2. The SMILES string of the molecule is Cc1oc(-c2ccccc2)nc1CCOc1ccc(CN2C(=O)COC2=O)cc1. The van der Waals surface area contributed by atoms with Gasteiger partial charge in [0.1, 0.15) is 11.5 Å². The molecule has 0 bridgehead atoms. The third-order valence-electron chi connectivity index (χ3n) is 4.63. The zero-order valence-electron chi connectivity index (χ0n) is 16.0. The molecule has 0 aliphatic carbocycles. The summed E-state index contributed by atoms with van der Waals surface area (Å²) in [6.07, 6.45) is 0.0195. The fraction of sp³-hybridized carbons (Fsp3) is 0.227. The highest BCUT2D eigenvalue weighted by molar-refractivity contribution is 5.97. The Morgan fingerprint density at radius 2 is 1.83 bits per heavy atom. The number of carbonyl (C=O) groups excluding carboxylic acids is 2. The highest BCUT2D eigenvalue weighted by Crippen LogP contribution is 2.22. The second-order valence-electron chi connectivity index (χ2n) is 6.66. The molecule has 3 aromatic rings. The number of oxazole rings is 1. The molecular formula is C22H20N2O5. The van der Waals surface area contributed by atoms with Crippen LogP contribution in [-0.4, -0.2) is 35.1 Å². The fourth-order valence-electron chi connectivity index (χ4n) is 3.04. The molecule has 0 saturated carbocycles. The average Bonchev–Trinajstić information content (AvgIpc) is 3.27. The van der Waals surface area contributed by atoms with Gasteiger partial charge in [0.15, 0.2) is 6.61 Å². The number of hydrogen-bond donors (Lipinski definition) is 0. The second kappa shape index (κ2) is 8.18. The molecule has 1 aromatic heterocycles. The van der Waals surface area contributed by atoms with Gasteiger partial charge in [-0.2, -0.15) is 0 Å². The molecule has 0 radical (unpaired) electrons. The minimum atomic E-state index is -0.604. The van der Waals surface area contributed by atoms with E-state index in [1.165, 1.54) is 0 Å². The lowest BCUT2D eigenvalue weighted by atomic mass is 10.2. The van der Waals surface area contributed by atoms with Gasteiger partial charge in [-0.25, -0.2) is 14.7 Å². The predicted molar refractivity (Wildman–Crippen MR) is 104 cm³/mol. The second-order valence-corrected chi connectivity index (χ2v) is 6.66. The van der Waals surface area contributed by atoms with Crippen molar-refractivity contribution in [3.05, 3.63) is 71.6 Å². The van der Waals surface area contributed by atoms with Crippen LogP contribution in [0.25, 0.3) is 11.5 Å². The maximum atomic E-state index is 11.6. The minimum Gasteiger partial charge on any atom is -0.493 e. The summed E-state index contributed by atoms with van der Waals surface area (Å²) >= 11 is 0. The predicted octanol–water partition coefficient (Wildman–Crippen LogP) is 3.75. The highest BCUT2D eigenvalue weighted by atomic mass is 16.6. The normalized spacial score (nSPS) is 13.6. The van der Waals surface area contributed by atoms with Crippen molar-refractivity contribution in [2.75, 3.05) is 13.2 Å². The van der Waals surface area contributed by atoms with Crippen LogP contribution >= 0.6 is 0 Å². The first-order chi connectivity index (χ1) is 14.1. The molecule has 1 aliphatic rings. The number of rotatable bonds is 7. The topological polar surface area (TPSA) is 81.9 Å². The Hall–Kier alpha value is -3.61. The van der Waals surface area contributed by atoms with E-state index >= 15 is 0 Å². The number of carbonyl (C=O) groups is 2. The maximum absolute atomic E-state index is 11.6. The number of cyclic esters (lactones) is 1. The molecule has 7 heteroatoms. The Morgan fingerprint density at radius 3 is 2.52 bits per heavy atom. The van der Waals surface area contributed by atoms with E-state index in [2.05, 4.69) is 4.98 Å². The summed E-state index contributed by atoms with van der Waals surface area (Å²) in [6.45, 7) is 2.36. The van der Waals surface area contributed by atoms with Crippen molar-refractivity contribution in [2.24, 2.45) is 0 Å². The van der Waals surface area contributed by atoms with Gasteiger partial charge in [-0.3, -0.25) is 4.79 Å². The molecule has 0 N–H and O–H groups in total. The molecule has 4 rings (SSSR count). The van der Waals surface area contributed by atoms with Gasteiger partial charge in [-0.1, -0.05) is 30.3 Å². The Balaban J connectivity index is 1.31. The van der Waals surface area contributed by atoms with Crippen molar-refractivity contribution in [1.29, 1.82) is 0 Å². The van der Waals surface area contributed by atoms with E-state index in [1.807, 2.05) is 61.5 Å². The zero-order valence-corrected chi connectivity index (χ0v) is 16.0. The van der Waals surface area contributed by atoms with Crippen molar-refractivity contribution in [3.8, 4) is 17.2 Å². The Kier molecular flexibility index (Phi) is 5.29. The van der Waals surface area contributed by atoms with Gasteiger partial charge in [0.2, 0.25) is 5.89 Å². The van der Waals surface area contributed by atoms with Gasteiger partial charge in [0.05, 0.1) is 18.8 Å². The summed E-state index contributed by atoms with van der Waals surface area (Å²) in [5.74, 6) is 1.77. The number of nitrogens with zero attached hydrogens (tertiary/aromatic N) is 2. The summed E-state index contributed by atoms with van der Waals surface area (Å²) in [5, 5.41) is 0. The van der Waals surface area contributed by atoms with Crippen LogP contribution in [-0.2, 0) is 22.5 Å². The number of hydrogen-bond acceptors (Lipinski definition) is 6. The van der Waals surface area contributed by atoms with Crippen molar-refractivity contribution in [1.82, 2.24) is 9.88 Å². The summed E-state index contributed by atoms with van der Waals surface area (Å²) < 4.78 is 16.3. The Morgan fingerprint density at radius 1 is 1.07 bits per heavy atom. The Bertz CT molecular complexity index is 995. The van der Waals surface area contributed by atoms with Crippen molar-refractivity contribution >= 4 is 12.0 Å². The van der Waals surface area contributed by atoms with Crippen molar-refractivity contribution in [2.45, 2.75) is 19.9 Å². The summed E-state index contributed by atoms with van der Waals surface area (Å²) in [5.41, 5.74) is 2.63. The van der Waals surface area contributed by atoms with Gasteiger partial charge < -0.3 is 13.9 Å². The van der Waals surface area contributed by atoms with Crippen LogP contribution in [0.4, 0.5) is 4.79 Å². The number of amides is 2. The van der Waals surface area contributed by atoms with Crippen LogP contribution in [0.1, 0.15) is 17.0 Å². The average molecular weight is 392 g/mol. The lowest BCUT2D eigenvalue weighted by molar-refractivity contribution is -0.126. The molecule has 0 unspecified atom stereocenters. The number of benzene rings is 2. The monoisotopic (exact) mass is 392 g/mol. The van der Waals surface area contributed by atoms with Gasteiger partial charge in [-0.15, -0.1) is 0 Å². The smallest absolute Gasteiger partial charge is 0.417 e. The Labute approximate surface area is 167 Å². The fourth-order valence-corrected chi connectivity index (χ4v) is 3.04. The molecule has 2 heterocycles. The molecule has 1 fully saturated rings. The quantitative estimate of drug-likeness (QED) is 0.609. The van der Waals surface area contributed by atoms with Crippen molar-refractivity contribution < 1.29 is 23.5 Å². The standard InChI is InChI=1S/C22H20N2O5/c1-15-19(23-21(29-15)17-5-3-2-4-6-17)11-12-27-18-9-7-16(8-10-18)13-24-20(25)14-28-22(24)26/h2-10H,11-14H2,1H3. The van der Waals surface area contributed by atoms with E-state index in [0.29, 0.717) is 24.7 Å². The molecule has 2 aromatic carbocycles. The van der Waals surface area contributed by atoms with E-state index in [-0.39, 0.29) is 19.1 Å². The van der Waals surface area contributed by atoms with Gasteiger partial charge >= 0.3 is 6.09 Å². The maximum Gasteiger partial charge on any atom is 0.417 e. The van der Waals surface area contributed by atoms with E-state index in [9.17, 15) is 9.59 Å². The lowest BCUT2D eigenvalue weighted by Crippen LogP contribution is -2.28. The summed E-state index contributed by atoms with van der Waals surface area (Å²) in [7, 11) is 0. The van der Waals surface area contributed by atoms with Crippen molar-refractivity contribution in [3.63, 3.8) is 0 Å². The molecule has 148 valence electrons.